The lowest BCUT2D eigenvalue weighted by molar-refractivity contribution is 0.164. The van der Waals surface area contributed by atoms with Crippen LogP contribution < -0.4 is 15.8 Å². The maximum Gasteiger partial charge on any atom is 0.127 e. The maximum atomic E-state index is 10.2. The van der Waals surface area contributed by atoms with Crippen LogP contribution in [-0.4, -0.2) is 36.1 Å². The molecule has 1 heterocycles. The topological polar surface area (TPSA) is 87.7 Å². The molecule has 5 N–H and O–H groups in total. The molecule has 3 rings (SSSR count). The zero-order valence-corrected chi connectivity index (χ0v) is 22.7. The lowest BCUT2D eigenvalue weighted by Crippen LogP contribution is -2.23. The average molecular weight is 485 g/mol. The van der Waals surface area contributed by atoms with Crippen molar-refractivity contribution in [1.82, 2.24) is 5.32 Å². The van der Waals surface area contributed by atoms with Gasteiger partial charge in [-0.1, -0.05) is 34.9 Å². The summed E-state index contributed by atoms with van der Waals surface area (Å²) in [4.78, 5) is 0. The number of aliphatic hydroxyl groups is 1. The number of nitrogens with two attached hydrogens (primary N) is 1. The van der Waals surface area contributed by atoms with Crippen molar-refractivity contribution in [2.75, 3.05) is 19.8 Å². The second-order valence-electron chi connectivity index (χ2n) is 10.2. The fourth-order valence-electron chi connectivity index (χ4n) is 4.51. The number of fused-ring (bicyclic) bond motifs is 3. The van der Waals surface area contributed by atoms with Gasteiger partial charge in [-0.05, 0) is 91.5 Å². The molecule has 0 amide bonds. The number of ether oxygens (including phenoxy) is 1. The van der Waals surface area contributed by atoms with Gasteiger partial charge >= 0.3 is 0 Å². The smallest absolute Gasteiger partial charge is 0.127 e. The Labute approximate surface area is 213 Å². The number of hydrogen-bond donors (Lipinski definition) is 4. The van der Waals surface area contributed by atoms with Crippen LogP contribution in [0, 0.1) is 6.92 Å². The Morgan fingerprint density at radius 1 is 1.00 bits per heavy atom. The van der Waals surface area contributed by atoms with Crippen molar-refractivity contribution in [3.05, 3.63) is 57.2 Å². The minimum absolute atomic E-state index is 0.0250. The summed E-state index contributed by atoms with van der Waals surface area (Å²) in [7, 11) is 0. The van der Waals surface area contributed by atoms with Gasteiger partial charge in [-0.25, -0.2) is 0 Å². The third-order valence-electron chi connectivity index (χ3n) is 6.77. The largest absolute Gasteiger partial charge is 0.507 e. The monoisotopic (exact) mass is 484 g/mol. The summed E-state index contributed by atoms with van der Waals surface area (Å²) in [5.74, 6) is 1.61. The van der Waals surface area contributed by atoms with Crippen LogP contribution in [0.25, 0.3) is 0 Å². The molecule has 1 unspecified atom stereocenters. The lowest BCUT2D eigenvalue weighted by atomic mass is 9.95. The quantitative estimate of drug-likeness (QED) is 0.169. The zero-order chi connectivity index (χ0) is 25.8. The molecule has 0 saturated heterocycles. The summed E-state index contributed by atoms with van der Waals surface area (Å²) in [5, 5.41) is 20.8. The Kier molecular flexibility index (Phi) is 12.6. The van der Waals surface area contributed by atoms with Crippen molar-refractivity contribution in [3.63, 3.8) is 0 Å². The first-order valence-electron chi connectivity index (χ1n) is 13.3. The molecule has 5 nitrogen and oxygen atoms in total. The van der Waals surface area contributed by atoms with Crippen LogP contribution in [-0.2, 0) is 12.8 Å². The van der Waals surface area contributed by atoms with Crippen molar-refractivity contribution < 1.29 is 14.9 Å². The normalized spacial score (nSPS) is 16.5. The van der Waals surface area contributed by atoms with Gasteiger partial charge in [0.1, 0.15) is 11.5 Å². The van der Waals surface area contributed by atoms with Crippen molar-refractivity contribution in [2.45, 2.75) is 98.5 Å². The average Bonchev–Trinajstić information content (AvgIpc) is 3.63. The third-order valence-corrected chi connectivity index (χ3v) is 6.77. The second-order valence-corrected chi connectivity index (χ2v) is 10.2. The minimum Gasteiger partial charge on any atom is -0.507 e. The highest BCUT2D eigenvalue weighted by Gasteiger charge is 2.34. The van der Waals surface area contributed by atoms with E-state index in [1.165, 1.54) is 34.3 Å². The summed E-state index contributed by atoms with van der Waals surface area (Å²) in [6.07, 6.45) is 17.3. The van der Waals surface area contributed by atoms with Crippen LogP contribution in [0.1, 0.15) is 94.9 Å². The standard InChI is InChI=1S/C27H38O2.C3H10N2O/c1-18(2)9-6-10-19(3)11-7-12-20(4)13-8-14-22-15-16-23-21(5)26(28)24-17-25(24)27(23)29-22;4-1-2-5-3-6/h9,11,13,22,28H,6-8,10,12,14-17H2,1-5H3;5-6H,1-4H2/b19-11+,20-13+;. The van der Waals surface area contributed by atoms with Crippen LogP contribution in [0.4, 0.5) is 0 Å². The number of hydrogen-bond acceptors (Lipinski definition) is 5. The molecule has 1 aliphatic heterocycles. The summed E-state index contributed by atoms with van der Waals surface area (Å²) >= 11 is 0. The van der Waals surface area contributed by atoms with Gasteiger partial charge < -0.3 is 20.7 Å². The Morgan fingerprint density at radius 3 is 2.26 bits per heavy atom. The molecule has 1 aromatic rings. The molecule has 0 saturated carbocycles. The molecule has 1 atom stereocenters. The van der Waals surface area contributed by atoms with E-state index < -0.39 is 0 Å². The van der Waals surface area contributed by atoms with Crippen LogP contribution in [0.3, 0.4) is 0 Å². The van der Waals surface area contributed by atoms with Crippen LogP contribution in [0.2, 0.25) is 0 Å². The minimum atomic E-state index is 0.0250. The lowest BCUT2D eigenvalue weighted by Gasteiger charge is -2.27. The van der Waals surface area contributed by atoms with Crippen molar-refractivity contribution in [3.8, 4) is 11.5 Å². The van der Waals surface area contributed by atoms with Gasteiger partial charge in [0.25, 0.3) is 0 Å². The molecule has 1 aromatic carbocycles. The fourth-order valence-corrected chi connectivity index (χ4v) is 4.51. The van der Waals surface area contributed by atoms with E-state index in [1.54, 1.807) is 0 Å². The first-order valence-corrected chi connectivity index (χ1v) is 13.3. The van der Waals surface area contributed by atoms with Crippen molar-refractivity contribution >= 4 is 0 Å². The Morgan fingerprint density at radius 2 is 1.66 bits per heavy atom. The highest BCUT2D eigenvalue weighted by molar-refractivity contribution is 5.68. The SMILES string of the molecule is CC(C)=CCC/C(C)=C/CC/C(C)=C/CCC1CCc2c(C)c(O)c3c(c2O1)C3.NCCNCO. The van der Waals surface area contributed by atoms with Gasteiger partial charge in [-0.3, -0.25) is 5.32 Å². The predicted octanol–water partition coefficient (Wildman–Crippen LogP) is 5.98. The van der Waals surface area contributed by atoms with E-state index in [0.717, 1.165) is 68.2 Å². The Hall–Kier alpha value is -2.08. The summed E-state index contributed by atoms with van der Waals surface area (Å²) in [5.41, 5.74) is 14.1. The molecule has 0 spiro atoms. The van der Waals surface area contributed by atoms with Crippen LogP contribution in [0.15, 0.2) is 34.9 Å². The summed E-state index contributed by atoms with van der Waals surface area (Å²) in [6, 6.07) is 0. The number of phenols is 1. The number of aromatic hydroxyl groups is 1. The molecule has 0 radical (unpaired) electrons. The highest BCUT2D eigenvalue weighted by atomic mass is 16.5. The van der Waals surface area contributed by atoms with Crippen LogP contribution >= 0.6 is 0 Å². The van der Waals surface area contributed by atoms with E-state index in [4.69, 9.17) is 15.6 Å². The van der Waals surface area contributed by atoms with E-state index in [-0.39, 0.29) is 6.73 Å². The maximum absolute atomic E-state index is 10.2. The van der Waals surface area contributed by atoms with Gasteiger partial charge in [0.15, 0.2) is 0 Å². The molecule has 0 aromatic heterocycles. The predicted molar refractivity (Wildman–Crippen MR) is 147 cm³/mol. The van der Waals surface area contributed by atoms with Gasteiger partial charge in [0.05, 0.1) is 12.8 Å². The van der Waals surface area contributed by atoms with Gasteiger partial charge in [-0.15, -0.1) is 0 Å². The first kappa shape index (κ1) is 29.2. The number of allylic oxidation sites excluding steroid dienone is 6. The number of aliphatic hydroxyl groups excluding tert-OH is 1. The second kappa shape index (κ2) is 15.1. The molecule has 2 aliphatic rings. The van der Waals surface area contributed by atoms with Crippen molar-refractivity contribution in [1.29, 1.82) is 0 Å². The van der Waals surface area contributed by atoms with Gasteiger partial charge in [0, 0.05) is 36.2 Å². The third kappa shape index (κ3) is 9.83. The molecular weight excluding hydrogens is 436 g/mol. The summed E-state index contributed by atoms with van der Waals surface area (Å²) in [6.45, 7) is 12.2. The fraction of sp³-hybridized carbons (Fsp3) is 0.600. The van der Waals surface area contributed by atoms with Gasteiger partial charge in [-0.2, -0.15) is 0 Å². The number of benzene rings is 1. The van der Waals surface area contributed by atoms with E-state index in [9.17, 15) is 5.11 Å². The number of rotatable bonds is 12. The zero-order valence-electron chi connectivity index (χ0n) is 22.7. The van der Waals surface area contributed by atoms with Gasteiger partial charge in [0.2, 0.25) is 0 Å². The van der Waals surface area contributed by atoms with Crippen LogP contribution in [0.5, 0.6) is 11.5 Å². The van der Waals surface area contributed by atoms with Crippen molar-refractivity contribution in [2.24, 2.45) is 5.73 Å². The van der Waals surface area contributed by atoms with E-state index in [2.05, 4.69) is 51.2 Å². The molecule has 196 valence electrons. The molecule has 1 aliphatic carbocycles. The molecular formula is C30H48N2O3. The van der Waals surface area contributed by atoms with E-state index in [1.807, 2.05) is 6.92 Å². The number of nitrogens with one attached hydrogen (secondary N) is 1. The van der Waals surface area contributed by atoms with E-state index >= 15 is 0 Å². The first-order chi connectivity index (χ1) is 16.8. The van der Waals surface area contributed by atoms with E-state index in [0.29, 0.717) is 24.9 Å². The molecule has 5 heteroatoms. The number of phenolic OH excluding ortho intramolecular Hbond substituents is 1. The molecule has 0 bridgehead atoms. The highest BCUT2D eigenvalue weighted by Crippen LogP contribution is 2.50. The Balaban J connectivity index is 0.000000641. The molecule has 35 heavy (non-hydrogen) atoms. The molecule has 0 fully saturated rings. The summed E-state index contributed by atoms with van der Waals surface area (Å²) < 4.78 is 6.34. The Bertz CT molecular complexity index is 907.